The number of carboxylic acid groups (broad SMARTS) is 2. The van der Waals surface area contributed by atoms with Crippen LogP contribution in [0.15, 0.2) is 18.2 Å². The van der Waals surface area contributed by atoms with Crippen molar-refractivity contribution in [2.24, 2.45) is 0 Å². The molecule has 26 heavy (non-hydrogen) atoms. The van der Waals surface area contributed by atoms with Gasteiger partial charge in [0.15, 0.2) is 0 Å². The van der Waals surface area contributed by atoms with Gasteiger partial charge >= 0.3 is 11.9 Å². The van der Waals surface area contributed by atoms with Crippen molar-refractivity contribution in [1.29, 1.82) is 0 Å². The molecule has 0 bridgehead atoms. The van der Waals surface area contributed by atoms with Crippen molar-refractivity contribution in [3.8, 4) is 5.75 Å². The molecular formula is C21H32O5. The van der Waals surface area contributed by atoms with E-state index in [0.717, 1.165) is 12.8 Å². The van der Waals surface area contributed by atoms with Crippen molar-refractivity contribution in [2.45, 2.75) is 77.6 Å². The zero-order valence-electron chi connectivity index (χ0n) is 16.2. The van der Waals surface area contributed by atoms with Crippen LogP contribution in [-0.4, -0.2) is 28.8 Å². The molecule has 0 aliphatic heterocycles. The minimum Gasteiger partial charge on any atom is -0.494 e. The number of benzene rings is 1. The van der Waals surface area contributed by atoms with Gasteiger partial charge in [0.1, 0.15) is 5.75 Å². The Kier molecular flexibility index (Phi) is 9.78. The molecule has 2 N–H and O–H groups in total. The lowest BCUT2D eigenvalue weighted by Gasteiger charge is -2.18. The Morgan fingerprint density at radius 3 is 2.00 bits per heavy atom. The third kappa shape index (κ3) is 7.06. The van der Waals surface area contributed by atoms with E-state index in [-0.39, 0.29) is 0 Å². The lowest BCUT2D eigenvalue weighted by atomic mass is 9.89. The summed E-state index contributed by atoms with van der Waals surface area (Å²) in [5.74, 6) is -2.90. The summed E-state index contributed by atoms with van der Waals surface area (Å²) in [7, 11) is 0. The van der Waals surface area contributed by atoms with E-state index in [9.17, 15) is 19.8 Å². The third-order valence-corrected chi connectivity index (χ3v) is 4.75. The Balaban J connectivity index is 2.66. The van der Waals surface area contributed by atoms with Gasteiger partial charge in [0.25, 0.3) is 0 Å². The van der Waals surface area contributed by atoms with Crippen molar-refractivity contribution >= 4 is 11.9 Å². The average Bonchev–Trinajstić information content (AvgIpc) is 2.62. The Hall–Kier alpha value is -2.04. The van der Waals surface area contributed by atoms with Crippen LogP contribution in [-0.2, 0) is 9.59 Å². The van der Waals surface area contributed by atoms with Gasteiger partial charge in [-0.25, -0.2) is 0 Å². The first-order valence-corrected chi connectivity index (χ1v) is 9.60. The van der Waals surface area contributed by atoms with Gasteiger partial charge in [-0.15, -0.1) is 0 Å². The normalized spacial score (nSPS) is 13.2. The molecule has 2 atom stereocenters. The minimum absolute atomic E-state index is 0.504. The van der Waals surface area contributed by atoms with E-state index in [4.69, 9.17) is 4.74 Å². The predicted molar refractivity (Wildman–Crippen MR) is 102 cm³/mol. The Bertz CT molecular complexity index is 582. The van der Waals surface area contributed by atoms with E-state index in [1.165, 1.54) is 32.1 Å². The fourth-order valence-electron chi connectivity index (χ4n) is 2.93. The lowest BCUT2D eigenvalue weighted by Crippen LogP contribution is -2.15. The van der Waals surface area contributed by atoms with Gasteiger partial charge in [-0.05, 0) is 43.5 Å². The van der Waals surface area contributed by atoms with Crippen LogP contribution < -0.4 is 4.74 Å². The lowest BCUT2D eigenvalue weighted by molar-refractivity contribution is -0.140. The SMILES string of the molecule is CCCCCCCCCOc1ccc(C(C)C(=O)O)c(C(C)C(=O)O)c1. The zero-order chi connectivity index (χ0) is 19.5. The van der Waals surface area contributed by atoms with Crippen molar-refractivity contribution < 1.29 is 24.5 Å². The summed E-state index contributed by atoms with van der Waals surface area (Å²) in [4.78, 5) is 22.7. The quantitative estimate of drug-likeness (QED) is 0.470. The summed E-state index contributed by atoms with van der Waals surface area (Å²) in [5.41, 5.74) is 1.03. The maximum absolute atomic E-state index is 11.4. The molecule has 0 aromatic heterocycles. The van der Waals surface area contributed by atoms with Gasteiger partial charge in [0, 0.05) is 0 Å². The van der Waals surface area contributed by atoms with E-state index in [1.807, 2.05) is 0 Å². The average molecular weight is 364 g/mol. The highest BCUT2D eigenvalue weighted by molar-refractivity contribution is 5.80. The van der Waals surface area contributed by atoms with E-state index in [1.54, 1.807) is 32.0 Å². The molecule has 0 saturated heterocycles. The smallest absolute Gasteiger partial charge is 0.310 e. The van der Waals surface area contributed by atoms with Crippen LogP contribution in [0.5, 0.6) is 5.75 Å². The highest BCUT2D eigenvalue weighted by atomic mass is 16.5. The Morgan fingerprint density at radius 1 is 0.885 bits per heavy atom. The molecular weight excluding hydrogens is 332 g/mol. The van der Waals surface area contributed by atoms with Gasteiger partial charge < -0.3 is 14.9 Å². The summed E-state index contributed by atoms with van der Waals surface area (Å²) in [6.07, 6.45) is 8.38. The molecule has 0 fully saturated rings. The van der Waals surface area contributed by atoms with Crippen LogP contribution in [0.4, 0.5) is 0 Å². The molecule has 0 aliphatic carbocycles. The number of carbonyl (C=O) groups is 2. The maximum atomic E-state index is 11.4. The second-order valence-electron chi connectivity index (χ2n) is 6.88. The molecule has 2 unspecified atom stereocenters. The molecule has 5 heteroatoms. The van der Waals surface area contributed by atoms with Gasteiger partial charge in [-0.2, -0.15) is 0 Å². The fraction of sp³-hybridized carbons (Fsp3) is 0.619. The largest absolute Gasteiger partial charge is 0.494 e. The predicted octanol–water partition coefficient (Wildman–Crippen LogP) is 5.19. The molecule has 146 valence electrons. The third-order valence-electron chi connectivity index (χ3n) is 4.75. The van der Waals surface area contributed by atoms with E-state index >= 15 is 0 Å². The molecule has 0 amide bonds. The first-order chi connectivity index (χ1) is 12.4. The van der Waals surface area contributed by atoms with Gasteiger partial charge in [0.05, 0.1) is 18.4 Å². The van der Waals surface area contributed by atoms with Crippen LogP contribution in [0.1, 0.15) is 88.7 Å². The molecule has 0 spiro atoms. The highest BCUT2D eigenvalue weighted by Gasteiger charge is 2.24. The molecule has 1 aromatic rings. The topological polar surface area (TPSA) is 83.8 Å². The maximum Gasteiger partial charge on any atom is 0.310 e. The summed E-state index contributed by atoms with van der Waals surface area (Å²) in [5, 5.41) is 18.6. The number of hydrogen-bond acceptors (Lipinski definition) is 3. The number of hydrogen-bond donors (Lipinski definition) is 2. The fourth-order valence-corrected chi connectivity index (χ4v) is 2.93. The molecule has 0 aliphatic rings. The first-order valence-electron chi connectivity index (χ1n) is 9.60. The number of aliphatic carboxylic acids is 2. The molecule has 0 saturated carbocycles. The van der Waals surface area contributed by atoms with Gasteiger partial charge in [-0.3, -0.25) is 9.59 Å². The van der Waals surface area contributed by atoms with Crippen LogP contribution in [0.3, 0.4) is 0 Å². The second-order valence-corrected chi connectivity index (χ2v) is 6.88. The molecule has 1 aromatic carbocycles. The van der Waals surface area contributed by atoms with Crippen molar-refractivity contribution in [3.63, 3.8) is 0 Å². The summed E-state index contributed by atoms with van der Waals surface area (Å²) < 4.78 is 5.76. The molecule has 1 rings (SSSR count). The summed E-state index contributed by atoms with van der Waals surface area (Å²) in [6, 6.07) is 5.08. The Labute approximate surface area is 156 Å². The second kappa shape index (κ2) is 11.6. The summed E-state index contributed by atoms with van der Waals surface area (Å²) in [6.45, 7) is 5.92. The van der Waals surface area contributed by atoms with Gasteiger partial charge in [0.2, 0.25) is 0 Å². The first kappa shape index (κ1) is 22.0. The van der Waals surface area contributed by atoms with Gasteiger partial charge in [-0.1, -0.05) is 51.5 Å². The van der Waals surface area contributed by atoms with Crippen LogP contribution in [0.25, 0.3) is 0 Å². The zero-order valence-corrected chi connectivity index (χ0v) is 16.2. The van der Waals surface area contributed by atoms with E-state index in [2.05, 4.69) is 6.92 Å². The number of ether oxygens (including phenoxy) is 1. The van der Waals surface area contributed by atoms with E-state index < -0.39 is 23.8 Å². The highest BCUT2D eigenvalue weighted by Crippen LogP contribution is 2.30. The van der Waals surface area contributed by atoms with Crippen LogP contribution >= 0.6 is 0 Å². The van der Waals surface area contributed by atoms with E-state index in [0.29, 0.717) is 23.5 Å². The molecule has 5 nitrogen and oxygen atoms in total. The number of unbranched alkanes of at least 4 members (excludes halogenated alkanes) is 6. The molecule has 0 heterocycles. The Morgan fingerprint density at radius 2 is 1.42 bits per heavy atom. The van der Waals surface area contributed by atoms with Crippen LogP contribution in [0.2, 0.25) is 0 Å². The number of rotatable bonds is 13. The van der Waals surface area contributed by atoms with Crippen molar-refractivity contribution in [2.75, 3.05) is 6.61 Å². The standard InChI is InChI=1S/C21H32O5/c1-4-5-6-7-8-9-10-13-26-17-11-12-18(15(2)20(22)23)19(14-17)16(3)21(24)25/h11-12,14-16H,4-10,13H2,1-3H3,(H,22,23)(H,24,25). The van der Waals surface area contributed by atoms with Crippen molar-refractivity contribution in [1.82, 2.24) is 0 Å². The van der Waals surface area contributed by atoms with Crippen molar-refractivity contribution in [3.05, 3.63) is 29.3 Å². The number of carboxylic acids is 2. The minimum atomic E-state index is -0.979. The van der Waals surface area contributed by atoms with Crippen LogP contribution in [0, 0.1) is 0 Å². The monoisotopic (exact) mass is 364 g/mol. The summed E-state index contributed by atoms with van der Waals surface area (Å²) >= 11 is 0. The molecule has 0 radical (unpaired) electrons.